The zero-order valence-electron chi connectivity index (χ0n) is 32.8. The lowest BCUT2D eigenvalue weighted by atomic mass is 10.0. The Hall–Kier alpha value is -0.570. The number of hydrogen-bond donors (Lipinski definition) is 2. The van der Waals surface area contributed by atoms with E-state index in [1.165, 1.54) is 231 Å². The highest BCUT2D eigenvalue weighted by atomic mass is 16.4. The van der Waals surface area contributed by atoms with Crippen LogP contribution in [0.4, 0.5) is 0 Å². The Bertz CT molecular complexity index is 516. The predicted octanol–water partition coefficient (Wildman–Crippen LogP) is 15.7. The summed E-state index contributed by atoms with van der Waals surface area (Å²) in [5.74, 6) is -0.650. The van der Waals surface area contributed by atoms with Crippen molar-refractivity contribution in [2.45, 2.75) is 271 Å². The van der Waals surface area contributed by atoms with Gasteiger partial charge in [0.15, 0.2) is 0 Å². The molecule has 0 rings (SSSR count). The Morgan fingerprint density at radius 2 is 0.468 bits per heavy atom. The van der Waals surface area contributed by atoms with Crippen molar-refractivity contribution in [3.63, 3.8) is 0 Å². The second-order valence-corrected chi connectivity index (χ2v) is 14.9. The highest BCUT2D eigenvalue weighted by Crippen LogP contribution is 2.16. The molecule has 0 radical (unpaired) electrons. The maximum absolute atomic E-state index is 10.4. The van der Waals surface area contributed by atoms with Gasteiger partial charge in [0, 0.05) is 13.0 Å². The Morgan fingerprint density at radius 3 is 0.638 bits per heavy atom. The van der Waals surface area contributed by atoms with Crippen LogP contribution in [0.5, 0.6) is 0 Å². The summed E-state index contributed by atoms with van der Waals surface area (Å²) < 4.78 is 0. The van der Waals surface area contributed by atoms with Crippen molar-refractivity contribution >= 4 is 5.97 Å². The van der Waals surface area contributed by atoms with E-state index in [0.717, 1.165) is 19.3 Å². The highest BCUT2D eigenvalue weighted by Gasteiger charge is 1.98. The van der Waals surface area contributed by atoms with Gasteiger partial charge in [-0.25, -0.2) is 0 Å². The number of aliphatic carboxylic acids is 1. The van der Waals surface area contributed by atoms with Gasteiger partial charge in [0.05, 0.1) is 0 Å². The second-order valence-electron chi connectivity index (χ2n) is 14.9. The van der Waals surface area contributed by atoms with E-state index >= 15 is 0 Å². The van der Waals surface area contributed by atoms with Gasteiger partial charge in [-0.15, -0.1) is 0 Å². The van der Waals surface area contributed by atoms with Crippen LogP contribution in [0, 0.1) is 0 Å². The van der Waals surface area contributed by atoms with Crippen LogP contribution in [-0.4, -0.2) is 22.8 Å². The second kappa shape index (κ2) is 47.5. The quantitative estimate of drug-likeness (QED) is 0.0640. The number of carboxylic acid groups (broad SMARTS) is 1. The molecular weight excluding hydrogens is 576 g/mol. The number of carbonyl (C=O) groups is 1. The number of aliphatic hydroxyl groups is 1. The number of unbranched alkanes of at least 4 members (excludes halogenated alkanes) is 37. The average Bonchev–Trinajstić information content (AvgIpc) is 3.07. The minimum absolute atomic E-state index is 0.346. The standard InChI is InChI=1S/C25H50O2.C19H40O/c1-2-3-4-5-6-7-8-9-10-11-12-13-14-15-16-17-18-19-20-21-22-23-24-25(26)27;1-2-3-4-5-6-7-8-9-10-11-12-13-14-15-16-17-18-19-20/h2-24H2,1H3,(H,26,27);20H,2-19H2,1H3. The van der Waals surface area contributed by atoms with E-state index in [9.17, 15) is 4.79 Å². The molecule has 0 aliphatic rings. The van der Waals surface area contributed by atoms with E-state index in [4.69, 9.17) is 10.2 Å². The first-order valence-electron chi connectivity index (χ1n) is 22.0. The molecule has 0 saturated heterocycles. The summed E-state index contributed by atoms with van der Waals surface area (Å²) in [7, 11) is 0. The van der Waals surface area contributed by atoms with Crippen molar-refractivity contribution < 1.29 is 15.0 Å². The van der Waals surface area contributed by atoms with Gasteiger partial charge in [0.1, 0.15) is 0 Å². The molecule has 0 atom stereocenters. The zero-order valence-corrected chi connectivity index (χ0v) is 32.8. The highest BCUT2D eigenvalue weighted by molar-refractivity contribution is 5.66. The number of aliphatic hydroxyl groups excluding tert-OH is 1. The van der Waals surface area contributed by atoms with Gasteiger partial charge in [-0.2, -0.15) is 0 Å². The summed E-state index contributed by atoms with van der Waals surface area (Å²) in [4.78, 5) is 10.4. The Labute approximate surface area is 297 Å². The maximum Gasteiger partial charge on any atom is 0.303 e. The molecule has 0 heterocycles. The van der Waals surface area contributed by atoms with Crippen LogP contribution in [0.1, 0.15) is 271 Å². The van der Waals surface area contributed by atoms with Crippen LogP contribution in [0.3, 0.4) is 0 Å². The fourth-order valence-electron chi connectivity index (χ4n) is 6.72. The summed E-state index contributed by atoms with van der Waals surface area (Å²) in [6, 6.07) is 0. The van der Waals surface area contributed by atoms with E-state index in [2.05, 4.69) is 13.8 Å². The molecule has 0 unspecified atom stereocenters. The molecule has 0 aliphatic carbocycles. The van der Waals surface area contributed by atoms with Crippen molar-refractivity contribution in [2.24, 2.45) is 0 Å². The molecule has 3 nitrogen and oxygen atoms in total. The van der Waals surface area contributed by atoms with Crippen LogP contribution in [0.15, 0.2) is 0 Å². The molecule has 0 saturated carbocycles. The van der Waals surface area contributed by atoms with E-state index in [-0.39, 0.29) is 0 Å². The fourth-order valence-corrected chi connectivity index (χ4v) is 6.72. The van der Waals surface area contributed by atoms with Gasteiger partial charge in [0.2, 0.25) is 0 Å². The lowest BCUT2D eigenvalue weighted by molar-refractivity contribution is -0.137. The third-order valence-electron chi connectivity index (χ3n) is 10.0. The monoisotopic (exact) mass is 667 g/mol. The molecule has 2 N–H and O–H groups in total. The molecule has 0 bridgehead atoms. The fraction of sp³-hybridized carbons (Fsp3) is 0.977. The molecule has 0 aromatic carbocycles. The Balaban J connectivity index is 0. The smallest absolute Gasteiger partial charge is 0.303 e. The minimum atomic E-state index is -0.650. The van der Waals surface area contributed by atoms with E-state index in [1.54, 1.807) is 0 Å². The molecule has 47 heavy (non-hydrogen) atoms. The lowest BCUT2D eigenvalue weighted by Gasteiger charge is -2.04. The average molecular weight is 667 g/mol. The number of rotatable bonds is 40. The molecule has 3 heteroatoms. The van der Waals surface area contributed by atoms with Crippen LogP contribution in [-0.2, 0) is 4.79 Å². The first-order valence-corrected chi connectivity index (χ1v) is 22.0. The summed E-state index contributed by atoms with van der Waals surface area (Å²) in [6.45, 7) is 4.95. The first-order chi connectivity index (χ1) is 23.2. The molecule has 0 amide bonds. The van der Waals surface area contributed by atoms with E-state index in [1.807, 2.05) is 0 Å². The molecule has 0 fully saturated rings. The van der Waals surface area contributed by atoms with Crippen LogP contribution in [0.25, 0.3) is 0 Å². The van der Waals surface area contributed by atoms with Crippen molar-refractivity contribution in [3.05, 3.63) is 0 Å². The van der Waals surface area contributed by atoms with Gasteiger partial charge in [-0.1, -0.05) is 251 Å². The molecule has 0 spiro atoms. The van der Waals surface area contributed by atoms with Crippen molar-refractivity contribution in [1.29, 1.82) is 0 Å². The van der Waals surface area contributed by atoms with Gasteiger partial charge in [-0.05, 0) is 12.8 Å². The van der Waals surface area contributed by atoms with Crippen molar-refractivity contribution in [3.8, 4) is 0 Å². The largest absolute Gasteiger partial charge is 0.481 e. The van der Waals surface area contributed by atoms with Crippen LogP contribution in [0.2, 0.25) is 0 Å². The lowest BCUT2D eigenvalue weighted by Crippen LogP contribution is -1.93. The maximum atomic E-state index is 10.4. The third kappa shape index (κ3) is 52.4. The third-order valence-corrected chi connectivity index (χ3v) is 10.0. The Kier molecular flexibility index (Phi) is 49.1. The molecule has 0 aliphatic heterocycles. The van der Waals surface area contributed by atoms with Crippen molar-refractivity contribution in [1.82, 2.24) is 0 Å². The SMILES string of the molecule is CCCCCCCCCCCCCCCCCCCCCCCCC(=O)O.CCCCCCCCCCCCCCCCCCCO. The normalized spacial score (nSPS) is 11.1. The number of carboxylic acids is 1. The van der Waals surface area contributed by atoms with E-state index < -0.39 is 5.97 Å². The van der Waals surface area contributed by atoms with Gasteiger partial charge in [0.25, 0.3) is 0 Å². The molecular formula is C44H90O3. The zero-order chi connectivity index (χ0) is 34.6. The summed E-state index contributed by atoms with van der Waals surface area (Å²) in [6.07, 6.45) is 54.2. The summed E-state index contributed by atoms with van der Waals surface area (Å²) in [5, 5.41) is 17.3. The summed E-state index contributed by atoms with van der Waals surface area (Å²) in [5.41, 5.74) is 0. The number of hydrogen-bond acceptors (Lipinski definition) is 2. The van der Waals surface area contributed by atoms with E-state index in [0.29, 0.717) is 13.0 Å². The molecule has 0 aromatic heterocycles. The van der Waals surface area contributed by atoms with Crippen LogP contribution < -0.4 is 0 Å². The van der Waals surface area contributed by atoms with Gasteiger partial charge >= 0.3 is 5.97 Å². The van der Waals surface area contributed by atoms with Crippen LogP contribution >= 0.6 is 0 Å². The topological polar surface area (TPSA) is 57.5 Å². The van der Waals surface area contributed by atoms with Gasteiger partial charge in [-0.3, -0.25) is 4.79 Å². The van der Waals surface area contributed by atoms with Crippen molar-refractivity contribution in [2.75, 3.05) is 6.61 Å². The predicted molar refractivity (Wildman–Crippen MR) is 211 cm³/mol. The Morgan fingerprint density at radius 1 is 0.298 bits per heavy atom. The van der Waals surface area contributed by atoms with Gasteiger partial charge < -0.3 is 10.2 Å². The molecule has 0 aromatic rings. The molecule has 284 valence electrons. The minimum Gasteiger partial charge on any atom is -0.481 e. The first kappa shape index (κ1) is 48.5. The summed E-state index contributed by atoms with van der Waals surface area (Å²) >= 11 is 0.